The van der Waals surface area contributed by atoms with Gasteiger partial charge in [-0.2, -0.15) is 0 Å². The van der Waals surface area contributed by atoms with Gasteiger partial charge in [0.25, 0.3) is 0 Å². The Bertz CT molecular complexity index is 217. The summed E-state index contributed by atoms with van der Waals surface area (Å²) < 4.78 is 0. The van der Waals surface area contributed by atoms with Gasteiger partial charge in [-0.25, -0.2) is 0 Å². The van der Waals surface area contributed by atoms with Gasteiger partial charge in [-0.15, -0.1) is 0 Å². The number of nitrogens with two attached hydrogens (primary N) is 1. The van der Waals surface area contributed by atoms with Crippen LogP contribution in [-0.2, 0) is 0 Å². The SMILES string of the molecule is CCCC(C)(CN)N1CC(C)CC(C)C1C. The van der Waals surface area contributed by atoms with Gasteiger partial charge in [-0.1, -0.05) is 27.2 Å². The maximum absolute atomic E-state index is 6.04. The summed E-state index contributed by atoms with van der Waals surface area (Å²) >= 11 is 0. The van der Waals surface area contributed by atoms with E-state index in [1.165, 1.54) is 25.8 Å². The fourth-order valence-electron chi connectivity index (χ4n) is 3.33. The van der Waals surface area contributed by atoms with Crippen molar-refractivity contribution in [1.82, 2.24) is 4.90 Å². The van der Waals surface area contributed by atoms with E-state index in [9.17, 15) is 0 Å². The molecule has 0 aromatic heterocycles. The zero-order valence-corrected chi connectivity index (χ0v) is 11.8. The van der Waals surface area contributed by atoms with Gasteiger partial charge in [0.15, 0.2) is 0 Å². The van der Waals surface area contributed by atoms with E-state index in [-0.39, 0.29) is 5.54 Å². The van der Waals surface area contributed by atoms with Gasteiger partial charge in [0.05, 0.1) is 0 Å². The Kier molecular flexibility index (Phi) is 4.81. The lowest BCUT2D eigenvalue weighted by Gasteiger charge is -2.51. The minimum absolute atomic E-state index is 0.205. The van der Waals surface area contributed by atoms with Gasteiger partial charge in [-0.3, -0.25) is 4.90 Å². The molecule has 96 valence electrons. The molecule has 2 nitrogen and oxygen atoms in total. The van der Waals surface area contributed by atoms with Crippen LogP contribution in [0.2, 0.25) is 0 Å². The second-order valence-corrected chi connectivity index (χ2v) is 6.16. The van der Waals surface area contributed by atoms with Gasteiger partial charge < -0.3 is 5.73 Å². The Balaban J connectivity index is 2.81. The zero-order valence-electron chi connectivity index (χ0n) is 11.8. The molecule has 4 atom stereocenters. The first-order valence-corrected chi connectivity index (χ1v) is 6.91. The lowest BCUT2D eigenvalue weighted by atomic mass is 9.81. The minimum Gasteiger partial charge on any atom is -0.329 e. The Morgan fingerprint density at radius 3 is 2.44 bits per heavy atom. The van der Waals surface area contributed by atoms with E-state index in [1.807, 2.05) is 0 Å². The lowest BCUT2D eigenvalue weighted by Crippen LogP contribution is -2.60. The van der Waals surface area contributed by atoms with E-state index in [1.54, 1.807) is 0 Å². The molecule has 0 radical (unpaired) electrons. The van der Waals surface area contributed by atoms with E-state index in [4.69, 9.17) is 5.73 Å². The number of hydrogen-bond acceptors (Lipinski definition) is 2. The molecule has 0 spiro atoms. The molecule has 1 saturated heterocycles. The minimum atomic E-state index is 0.205. The molecule has 2 N–H and O–H groups in total. The highest BCUT2D eigenvalue weighted by molar-refractivity contribution is 4.94. The van der Waals surface area contributed by atoms with Gasteiger partial charge in [0, 0.05) is 24.7 Å². The van der Waals surface area contributed by atoms with E-state index >= 15 is 0 Å². The molecule has 1 aliphatic rings. The Morgan fingerprint density at radius 1 is 1.31 bits per heavy atom. The van der Waals surface area contributed by atoms with E-state index < -0.39 is 0 Å². The van der Waals surface area contributed by atoms with Gasteiger partial charge in [0.2, 0.25) is 0 Å². The highest BCUT2D eigenvalue weighted by Crippen LogP contribution is 2.33. The van der Waals surface area contributed by atoms with Gasteiger partial charge >= 0.3 is 0 Å². The predicted octanol–water partition coefficient (Wildman–Crippen LogP) is 2.87. The molecule has 2 heteroatoms. The highest BCUT2D eigenvalue weighted by Gasteiger charge is 2.38. The molecule has 1 fully saturated rings. The summed E-state index contributed by atoms with van der Waals surface area (Å²) in [5, 5.41) is 0. The second-order valence-electron chi connectivity index (χ2n) is 6.16. The van der Waals surface area contributed by atoms with Crippen LogP contribution in [0.5, 0.6) is 0 Å². The summed E-state index contributed by atoms with van der Waals surface area (Å²) in [7, 11) is 0. The van der Waals surface area contributed by atoms with Crippen molar-refractivity contribution in [2.75, 3.05) is 13.1 Å². The number of rotatable bonds is 4. The number of nitrogens with zero attached hydrogens (tertiary/aromatic N) is 1. The molecule has 1 heterocycles. The van der Waals surface area contributed by atoms with E-state index in [2.05, 4.69) is 39.5 Å². The topological polar surface area (TPSA) is 29.3 Å². The molecule has 1 aliphatic heterocycles. The predicted molar refractivity (Wildman–Crippen MR) is 71.5 cm³/mol. The van der Waals surface area contributed by atoms with E-state index in [0.29, 0.717) is 6.04 Å². The average Bonchev–Trinajstić information content (AvgIpc) is 2.23. The maximum atomic E-state index is 6.04. The summed E-state index contributed by atoms with van der Waals surface area (Å²) in [5.74, 6) is 1.61. The second kappa shape index (κ2) is 5.50. The molecule has 0 amide bonds. The molecule has 0 aromatic rings. The third kappa shape index (κ3) is 2.78. The van der Waals surface area contributed by atoms with Crippen molar-refractivity contribution in [3.63, 3.8) is 0 Å². The van der Waals surface area contributed by atoms with Crippen LogP contribution in [0.3, 0.4) is 0 Å². The lowest BCUT2D eigenvalue weighted by molar-refractivity contribution is -0.0115. The summed E-state index contributed by atoms with van der Waals surface area (Å²) in [5.41, 5.74) is 6.24. The fourth-order valence-corrected chi connectivity index (χ4v) is 3.33. The standard InChI is InChI=1S/C14H30N2/c1-6-7-14(5,10-15)16-9-11(2)8-12(3)13(16)4/h11-13H,6-10,15H2,1-5H3. The van der Waals surface area contributed by atoms with Crippen LogP contribution in [0.15, 0.2) is 0 Å². The molecule has 0 aliphatic carbocycles. The van der Waals surface area contributed by atoms with Crippen molar-refractivity contribution >= 4 is 0 Å². The smallest absolute Gasteiger partial charge is 0.0306 e. The molecule has 0 bridgehead atoms. The van der Waals surface area contributed by atoms with Crippen LogP contribution in [0.1, 0.15) is 53.9 Å². The molecule has 1 rings (SSSR count). The van der Waals surface area contributed by atoms with Gasteiger partial charge in [0.1, 0.15) is 0 Å². The zero-order chi connectivity index (χ0) is 12.3. The summed E-state index contributed by atoms with van der Waals surface area (Å²) in [4.78, 5) is 2.68. The van der Waals surface area contributed by atoms with Crippen LogP contribution >= 0.6 is 0 Å². The Morgan fingerprint density at radius 2 is 1.94 bits per heavy atom. The number of piperidine rings is 1. The molecule has 16 heavy (non-hydrogen) atoms. The Labute approximate surface area is 102 Å². The normalized spacial score (nSPS) is 36.0. The summed E-state index contributed by atoms with van der Waals surface area (Å²) in [6, 6.07) is 0.677. The molecule has 4 unspecified atom stereocenters. The number of likely N-dealkylation sites (tertiary alicyclic amines) is 1. The molecule has 0 aromatic carbocycles. The van der Waals surface area contributed by atoms with Crippen molar-refractivity contribution in [1.29, 1.82) is 0 Å². The van der Waals surface area contributed by atoms with Gasteiger partial charge in [-0.05, 0) is 38.5 Å². The average molecular weight is 226 g/mol. The first kappa shape index (κ1) is 14.0. The third-order valence-corrected chi connectivity index (χ3v) is 4.52. The Hall–Kier alpha value is -0.0800. The van der Waals surface area contributed by atoms with Crippen molar-refractivity contribution < 1.29 is 0 Å². The van der Waals surface area contributed by atoms with Crippen molar-refractivity contribution in [3.8, 4) is 0 Å². The molecule has 0 saturated carbocycles. The van der Waals surface area contributed by atoms with Crippen LogP contribution in [0, 0.1) is 11.8 Å². The summed E-state index contributed by atoms with van der Waals surface area (Å²) in [6.45, 7) is 13.7. The van der Waals surface area contributed by atoms with Crippen LogP contribution in [0.25, 0.3) is 0 Å². The van der Waals surface area contributed by atoms with Crippen molar-refractivity contribution in [2.24, 2.45) is 17.6 Å². The quantitative estimate of drug-likeness (QED) is 0.798. The molecular formula is C14H30N2. The maximum Gasteiger partial charge on any atom is 0.0306 e. The van der Waals surface area contributed by atoms with Crippen molar-refractivity contribution in [2.45, 2.75) is 65.5 Å². The molecular weight excluding hydrogens is 196 g/mol. The highest BCUT2D eigenvalue weighted by atomic mass is 15.2. The third-order valence-electron chi connectivity index (χ3n) is 4.52. The first-order valence-electron chi connectivity index (χ1n) is 6.91. The van der Waals surface area contributed by atoms with E-state index in [0.717, 1.165) is 18.4 Å². The summed E-state index contributed by atoms with van der Waals surface area (Å²) in [6.07, 6.45) is 3.80. The largest absolute Gasteiger partial charge is 0.329 e. The van der Waals surface area contributed by atoms with Crippen molar-refractivity contribution in [3.05, 3.63) is 0 Å². The van der Waals surface area contributed by atoms with Crippen LogP contribution in [0.4, 0.5) is 0 Å². The number of hydrogen-bond donors (Lipinski definition) is 1. The monoisotopic (exact) mass is 226 g/mol. The van der Waals surface area contributed by atoms with Crippen LogP contribution < -0.4 is 5.73 Å². The van der Waals surface area contributed by atoms with Crippen LogP contribution in [-0.4, -0.2) is 29.6 Å². The fraction of sp³-hybridized carbons (Fsp3) is 1.00. The first-order chi connectivity index (χ1) is 7.44.